The standard InChI is InChI=1S/C25H27FN8O/c1-14(10-30-21-9-20(33-13-34-21)16-11-31-25(28-4)32-12-16)15(2)17-5-6-19(26)22-18(24(35)27-3)7-8-29-23(17)22/h5-9,11-15H,10H2,1-4H3,(H,27,35)(H,28,31,32)(H,30,33,34). The number of halogens is 1. The summed E-state index contributed by atoms with van der Waals surface area (Å²) in [4.78, 5) is 33.8. The van der Waals surface area contributed by atoms with Gasteiger partial charge in [-0.1, -0.05) is 19.9 Å². The van der Waals surface area contributed by atoms with Crippen LogP contribution in [-0.4, -0.2) is 51.5 Å². The van der Waals surface area contributed by atoms with Crippen molar-refractivity contribution in [2.45, 2.75) is 19.8 Å². The molecule has 2 atom stereocenters. The van der Waals surface area contributed by atoms with E-state index in [1.165, 1.54) is 25.5 Å². The average Bonchev–Trinajstić information content (AvgIpc) is 2.91. The molecule has 3 N–H and O–H groups in total. The van der Waals surface area contributed by atoms with Crippen molar-refractivity contribution >= 4 is 28.6 Å². The molecule has 3 aromatic heterocycles. The van der Waals surface area contributed by atoms with Crippen molar-refractivity contribution < 1.29 is 9.18 Å². The minimum Gasteiger partial charge on any atom is -0.370 e. The predicted molar refractivity (Wildman–Crippen MR) is 134 cm³/mol. The maximum Gasteiger partial charge on any atom is 0.251 e. The van der Waals surface area contributed by atoms with Crippen LogP contribution in [0.4, 0.5) is 16.2 Å². The molecule has 4 aromatic rings. The van der Waals surface area contributed by atoms with E-state index < -0.39 is 5.82 Å². The van der Waals surface area contributed by atoms with E-state index in [0.717, 1.165) is 11.1 Å². The summed E-state index contributed by atoms with van der Waals surface area (Å²) in [5, 5.41) is 9.06. The van der Waals surface area contributed by atoms with E-state index in [9.17, 15) is 9.18 Å². The quantitative estimate of drug-likeness (QED) is 0.352. The molecule has 0 saturated heterocycles. The van der Waals surface area contributed by atoms with Crippen LogP contribution in [-0.2, 0) is 0 Å². The highest BCUT2D eigenvalue weighted by Gasteiger charge is 2.22. The third-order valence-corrected chi connectivity index (χ3v) is 6.13. The lowest BCUT2D eigenvalue weighted by Gasteiger charge is -2.22. The van der Waals surface area contributed by atoms with Gasteiger partial charge in [0.25, 0.3) is 5.91 Å². The van der Waals surface area contributed by atoms with Crippen LogP contribution >= 0.6 is 0 Å². The summed E-state index contributed by atoms with van der Waals surface area (Å²) in [7, 11) is 3.28. The smallest absolute Gasteiger partial charge is 0.251 e. The Morgan fingerprint density at radius 3 is 2.51 bits per heavy atom. The van der Waals surface area contributed by atoms with E-state index in [-0.39, 0.29) is 28.7 Å². The van der Waals surface area contributed by atoms with Gasteiger partial charge < -0.3 is 16.0 Å². The Morgan fingerprint density at radius 2 is 1.80 bits per heavy atom. The monoisotopic (exact) mass is 474 g/mol. The number of hydrogen-bond acceptors (Lipinski definition) is 8. The normalized spacial score (nSPS) is 12.7. The molecule has 9 nitrogen and oxygen atoms in total. The van der Waals surface area contributed by atoms with Crippen LogP contribution in [0.3, 0.4) is 0 Å². The number of carbonyl (C=O) groups is 1. The number of fused-ring (bicyclic) bond motifs is 1. The molecule has 1 aromatic carbocycles. The van der Waals surface area contributed by atoms with E-state index in [4.69, 9.17) is 0 Å². The number of amides is 1. The fourth-order valence-electron chi connectivity index (χ4n) is 3.89. The maximum atomic E-state index is 14.7. The predicted octanol–water partition coefficient (Wildman–Crippen LogP) is 3.87. The molecular formula is C25H27FN8O. The molecule has 180 valence electrons. The number of pyridine rings is 1. The zero-order valence-electron chi connectivity index (χ0n) is 20.0. The lowest BCUT2D eigenvalue weighted by atomic mass is 9.86. The molecule has 2 unspecified atom stereocenters. The van der Waals surface area contributed by atoms with Crippen LogP contribution in [0, 0.1) is 11.7 Å². The summed E-state index contributed by atoms with van der Waals surface area (Å²) in [5.41, 5.74) is 3.15. The van der Waals surface area contributed by atoms with Gasteiger partial charge >= 0.3 is 0 Å². The van der Waals surface area contributed by atoms with Crippen molar-refractivity contribution in [3.63, 3.8) is 0 Å². The number of carbonyl (C=O) groups excluding carboxylic acids is 1. The largest absolute Gasteiger partial charge is 0.370 e. The van der Waals surface area contributed by atoms with Gasteiger partial charge in [0.15, 0.2) is 0 Å². The van der Waals surface area contributed by atoms with Gasteiger partial charge in [0.1, 0.15) is 18.0 Å². The molecule has 35 heavy (non-hydrogen) atoms. The first-order valence-corrected chi connectivity index (χ1v) is 11.3. The summed E-state index contributed by atoms with van der Waals surface area (Å²) in [5.74, 6) is 0.577. The number of hydrogen-bond donors (Lipinski definition) is 3. The topological polar surface area (TPSA) is 118 Å². The first-order valence-electron chi connectivity index (χ1n) is 11.3. The molecule has 0 saturated carbocycles. The van der Waals surface area contributed by atoms with E-state index in [1.807, 2.05) is 6.07 Å². The van der Waals surface area contributed by atoms with Crippen LogP contribution in [0.25, 0.3) is 22.2 Å². The van der Waals surface area contributed by atoms with Gasteiger partial charge in [0.05, 0.1) is 16.8 Å². The van der Waals surface area contributed by atoms with E-state index >= 15 is 0 Å². The first kappa shape index (κ1) is 23.9. The van der Waals surface area contributed by atoms with Gasteiger partial charge in [-0.2, -0.15) is 0 Å². The second kappa shape index (κ2) is 10.4. The van der Waals surface area contributed by atoms with Gasteiger partial charge in [-0.25, -0.2) is 24.3 Å². The molecule has 0 fully saturated rings. The Hall–Kier alpha value is -4.21. The molecule has 0 bridgehead atoms. The Balaban J connectivity index is 1.53. The van der Waals surface area contributed by atoms with Crippen molar-refractivity contribution in [3.05, 3.63) is 66.1 Å². The summed E-state index contributed by atoms with van der Waals surface area (Å²) >= 11 is 0. The van der Waals surface area contributed by atoms with Crippen LogP contribution in [0.5, 0.6) is 0 Å². The van der Waals surface area contributed by atoms with Gasteiger partial charge in [-0.05, 0) is 29.5 Å². The fraction of sp³-hybridized carbons (Fsp3) is 0.280. The Kier molecular flexibility index (Phi) is 7.09. The van der Waals surface area contributed by atoms with Crippen molar-refractivity contribution in [3.8, 4) is 11.3 Å². The summed E-state index contributed by atoms with van der Waals surface area (Å²) < 4.78 is 14.7. The second-order valence-electron chi connectivity index (χ2n) is 8.28. The van der Waals surface area contributed by atoms with Crippen LogP contribution in [0.2, 0.25) is 0 Å². The maximum absolute atomic E-state index is 14.7. The molecular weight excluding hydrogens is 447 g/mol. The number of aromatic nitrogens is 5. The second-order valence-corrected chi connectivity index (χ2v) is 8.28. The highest BCUT2D eigenvalue weighted by molar-refractivity contribution is 6.06. The summed E-state index contributed by atoms with van der Waals surface area (Å²) in [6, 6.07) is 6.53. The highest BCUT2D eigenvalue weighted by atomic mass is 19.1. The van der Waals surface area contributed by atoms with Crippen LogP contribution in [0.1, 0.15) is 35.7 Å². The minimum atomic E-state index is -0.464. The van der Waals surface area contributed by atoms with Crippen molar-refractivity contribution in [2.75, 3.05) is 31.3 Å². The van der Waals surface area contributed by atoms with Gasteiger partial charge in [-0.15, -0.1) is 0 Å². The average molecular weight is 475 g/mol. The molecule has 0 spiro atoms. The number of anilines is 2. The first-order chi connectivity index (χ1) is 16.9. The number of benzene rings is 1. The SMILES string of the molecule is CNC(=O)c1ccnc2c(C(C)C(C)CNc3cc(-c4cnc(NC)nc4)ncn3)ccc(F)c12. The van der Waals surface area contributed by atoms with E-state index in [0.29, 0.717) is 29.5 Å². The minimum absolute atomic E-state index is 0.0295. The lowest BCUT2D eigenvalue weighted by molar-refractivity contribution is 0.0964. The highest BCUT2D eigenvalue weighted by Crippen LogP contribution is 2.32. The molecule has 0 radical (unpaired) electrons. The Bertz CT molecular complexity index is 1350. The zero-order valence-corrected chi connectivity index (χ0v) is 20.0. The van der Waals surface area contributed by atoms with E-state index in [1.54, 1.807) is 31.7 Å². The van der Waals surface area contributed by atoms with Crippen LogP contribution < -0.4 is 16.0 Å². The molecule has 0 aliphatic rings. The van der Waals surface area contributed by atoms with Crippen molar-refractivity contribution in [1.82, 2.24) is 30.2 Å². The van der Waals surface area contributed by atoms with Gasteiger partial charge in [-0.3, -0.25) is 9.78 Å². The number of rotatable bonds is 8. The van der Waals surface area contributed by atoms with Crippen molar-refractivity contribution in [1.29, 1.82) is 0 Å². The summed E-state index contributed by atoms with van der Waals surface area (Å²) in [6.45, 7) is 4.78. The molecule has 0 aliphatic carbocycles. The van der Waals surface area contributed by atoms with E-state index in [2.05, 4.69) is 54.7 Å². The summed E-state index contributed by atoms with van der Waals surface area (Å²) in [6.07, 6.45) is 6.45. The third kappa shape index (κ3) is 5.01. The van der Waals surface area contributed by atoms with Crippen molar-refractivity contribution in [2.24, 2.45) is 5.92 Å². The zero-order chi connectivity index (χ0) is 24.9. The molecule has 0 aliphatic heterocycles. The number of nitrogens with one attached hydrogen (secondary N) is 3. The Labute approximate surface area is 202 Å². The molecule has 4 rings (SSSR count). The molecule has 3 heterocycles. The molecule has 1 amide bonds. The van der Waals surface area contributed by atoms with Gasteiger partial charge in [0.2, 0.25) is 5.95 Å². The number of nitrogens with zero attached hydrogens (tertiary/aromatic N) is 5. The van der Waals surface area contributed by atoms with Gasteiger partial charge in [0, 0.05) is 56.2 Å². The Morgan fingerprint density at radius 1 is 1.03 bits per heavy atom. The van der Waals surface area contributed by atoms with Crippen LogP contribution in [0.15, 0.2) is 49.2 Å². The fourth-order valence-corrected chi connectivity index (χ4v) is 3.89. The third-order valence-electron chi connectivity index (χ3n) is 6.13. The lowest BCUT2D eigenvalue weighted by Crippen LogP contribution is -2.20. The molecule has 10 heteroatoms.